The molecule has 0 unspecified atom stereocenters. The molecule has 0 radical (unpaired) electrons. The zero-order valence-corrected chi connectivity index (χ0v) is 10.3. The number of nitrogens with zero attached hydrogens (tertiary/aromatic N) is 2. The number of carbonyl (C=O) groups is 1. The predicted octanol–water partition coefficient (Wildman–Crippen LogP) is 2.68. The molecule has 4 heteroatoms. The molecule has 0 atom stereocenters. The maximum Gasteiger partial charge on any atom is 0.185 e. The van der Waals surface area contributed by atoms with Gasteiger partial charge >= 0.3 is 0 Å². The highest BCUT2D eigenvalue weighted by Crippen LogP contribution is 2.43. The lowest BCUT2D eigenvalue weighted by molar-refractivity contribution is 0.112. The fourth-order valence-electron chi connectivity index (χ4n) is 1.99. The first kappa shape index (κ1) is 10.3. The van der Waals surface area contributed by atoms with Gasteiger partial charge in [-0.2, -0.15) is 0 Å². The normalized spacial score (nSPS) is 19.8. The number of rotatable bonds is 5. The molecule has 3 rings (SSSR count). The van der Waals surface area contributed by atoms with E-state index in [0.29, 0.717) is 5.92 Å². The highest BCUT2D eigenvalue weighted by molar-refractivity contribution is 7.17. The summed E-state index contributed by atoms with van der Waals surface area (Å²) in [6.07, 6.45) is 6.09. The standard InChI is InChI=1S/C12H16N2OS/c1-14(6-8-2-3-8)12-13-11(9-4-5-9)10(7-15)16-12/h7-9H,2-6H2,1H3. The van der Waals surface area contributed by atoms with Gasteiger partial charge in [0.05, 0.1) is 10.6 Å². The Balaban J connectivity index is 1.79. The number of anilines is 1. The zero-order chi connectivity index (χ0) is 11.1. The largest absolute Gasteiger partial charge is 0.351 e. The summed E-state index contributed by atoms with van der Waals surface area (Å²) >= 11 is 1.55. The van der Waals surface area contributed by atoms with Crippen molar-refractivity contribution in [3.05, 3.63) is 10.6 Å². The summed E-state index contributed by atoms with van der Waals surface area (Å²) < 4.78 is 0. The average molecular weight is 236 g/mol. The van der Waals surface area contributed by atoms with Gasteiger partial charge in [-0.05, 0) is 31.6 Å². The molecule has 2 saturated carbocycles. The second-order valence-electron chi connectivity index (χ2n) is 4.96. The Morgan fingerprint density at radius 3 is 2.75 bits per heavy atom. The van der Waals surface area contributed by atoms with Crippen LogP contribution in [0.15, 0.2) is 0 Å². The smallest absolute Gasteiger partial charge is 0.185 e. The third kappa shape index (κ3) is 1.98. The second kappa shape index (κ2) is 3.84. The predicted molar refractivity (Wildman–Crippen MR) is 65.5 cm³/mol. The molecule has 2 fully saturated rings. The van der Waals surface area contributed by atoms with Crippen molar-refractivity contribution < 1.29 is 4.79 Å². The second-order valence-corrected chi connectivity index (χ2v) is 5.97. The van der Waals surface area contributed by atoms with Gasteiger partial charge in [-0.3, -0.25) is 4.79 Å². The van der Waals surface area contributed by atoms with Crippen molar-refractivity contribution in [3.63, 3.8) is 0 Å². The van der Waals surface area contributed by atoms with Crippen LogP contribution in [0.2, 0.25) is 0 Å². The van der Waals surface area contributed by atoms with E-state index in [2.05, 4.69) is 16.9 Å². The SMILES string of the molecule is CN(CC1CC1)c1nc(C2CC2)c(C=O)s1. The van der Waals surface area contributed by atoms with Gasteiger partial charge < -0.3 is 4.90 Å². The highest BCUT2D eigenvalue weighted by atomic mass is 32.1. The van der Waals surface area contributed by atoms with Gasteiger partial charge in [-0.15, -0.1) is 0 Å². The molecule has 1 aromatic rings. The molecule has 2 aliphatic rings. The Labute approximate surface area is 99.5 Å². The molecule has 0 saturated heterocycles. The van der Waals surface area contributed by atoms with Crippen molar-refractivity contribution in [3.8, 4) is 0 Å². The van der Waals surface area contributed by atoms with Gasteiger partial charge in [0.25, 0.3) is 0 Å². The van der Waals surface area contributed by atoms with Crippen molar-refractivity contribution in [1.29, 1.82) is 0 Å². The lowest BCUT2D eigenvalue weighted by Gasteiger charge is -2.14. The van der Waals surface area contributed by atoms with Gasteiger partial charge in [0.2, 0.25) is 0 Å². The Bertz CT molecular complexity index is 407. The summed E-state index contributed by atoms with van der Waals surface area (Å²) in [5.74, 6) is 1.43. The quantitative estimate of drug-likeness (QED) is 0.737. The topological polar surface area (TPSA) is 33.2 Å². The Hall–Kier alpha value is -0.900. The van der Waals surface area contributed by atoms with Crippen LogP contribution >= 0.6 is 11.3 Å². The van der Waals surface area contributed by atoms with Gasteiger partial charge in [-0.25, -0.2) is 4.98 Å². The van der Waals surface area contributed by atoms with Crippen LogP contribution in [0.25, 0.3) is 0 Å². The molecule has 2 aliphatic carbocycles. The van der Waals surface area contributed by atoms with Crippen LogP contribution in [0.1, 0.15) is 47.0 Å². The van der Waals surface area contributed by atoms with Crippen molar-refractivity contribution in [2.45, 2.75) is 31.6 Å². The number of hydrogen-bond acceptors (Lipinski definition) is 4. The number of aldehydes is 1. The molecule has 0 amide bonds. The molecule has 1 aromatic heterocycles. The fourth-order valence-corrected chi connectivity index (χ4v) is 2.93. The third-order valence-corrected chi connectivity index (χ3v) is 4.41. The Kier molecular flexibility index (Phi) is 2.46. The number of carbonyl (C=O) groups excluding carboxylic acids is 1. The van der Waals surface area contributed by atoms with Gasteiger partial charge in [0.15, 0.2) is 11.4 Å². The fraction of sp³-hybridized carbons (Fsp3) is 0.667. The molecular weight excluding hydrogens is 220 g/mol. The molecule has 3 nitrogen and oxygen atoms in total. The first-order chi connectivity index (χ1) is 7.78. The Morgan fingerprint density at radius 1 is 1.44 bits per heavy atom. The van der Waals surface area contributed by atoms with Crippen LogP contribution < -0.4 is 4.90 Å². The van der Waals surface area contributed by atoms with Crippen LogP contribution in [-0.4, -0.2) is 24.9 Å². The van der Waals surface area contributed by atoms with Gasteiger partial charge in [0.1, 0.15) is 0 Å². The van der Waals surface area contributed by atoms with E-state index >= 15 is 0 Å². The van der Waals surface area contributed by atoms with E-state index < -0.39 is 0 Å². The molecule has 0 bridgehead atoms. The lowest BCUT2D eigenvalue weighted by atomic mass is 10.3. The van der Waals surface area contributed by atoms with E-state index in [0.717, 1.165) is 34.5 Å². The molecule has 1 heterocycles. The summed E-state index contributed by atoms with van der Waals surface area (Å²) in [6.45, 7) is 1.09. The van der Waals surface area contributed by atoms with E-state index in [1.54, 1.807) is 11.3 Å². The molecule has 0 aliphatic heterocycles. The summed E-state index contributed by atoms with van der Waals surface area (Å²) in [5.41, 5.74) is 1.05. The van der Waals surface area contributed by atoms with Crippen LogP contribution in [0.3, 0.4) is 0 Å². The maximum absolute atomic E-state index is 11.0. The van der Waals surface area contributed by atoms with E-state index in [4.69, 9.17) is 0 Å². The van der Waals surface area contributed by atoms with Gasteiger partial charge in [0, 0.05) is 19.5 Å². The highest BCUT2D eigenvalue weighted by Gasteiger charge is 2.31. The van der Waals surface area contributed by atoms with Gasteiger partial charge in [-0.1, -0.05) is 11.3 Å². The van der Waals surface area contributed by atoms with E-state index in [1.807, 2.05) is 0 Å². The monoisotopic (exact) mass is 236 g/mol. The number of thiazole rings is 1. The van der Waals surface area contributed by atoms with Crippen molar-refractivity contribution in [1.82, 2.24) is 4.98 Å². The summed E-state index contributed by atoms with van der Waals surface area (Å²) in [7, 11) is 2.09. The van der Waals surface area contributed by atoms with E-state index in [9.17, 15) is 4.79 Å². The Morgan fingerprint density at radius 2 is 2.19 bits per heavy atom. The molecule has 0 N–H and O–H groups in total. The van der Waals surface area contributed by atoms with Crippen molar-refractivity contribution in [2.24, 2.45) is 5.92 Å². The minimum atomic E-state index is 0.569. The number of hydrogen-bond donors (Lipinski definition) is 0. The first-order valence-electron chi connectivity index (χ1n) is 5.95. The molecule has 16 heavy (non-hydrogen) atoms. The van der Waals surface area contributed by atoms with Crippen LogP contribution in [0, 0.1) is 5.92 Å². The lowest BCUT2D eigenvalue weighted by Crippen LogP contribution is -2.19. The first-order valence-corrected chi connectivity index (χ1v) is 6.76. The molecule has 86 valence electrons. The number of aromatic nitrogens is 1. The average Bonchev–Trinajstić information content (AvgIpc) is 3.18. The third-order valence-electron chi connectivity index (χ3n) is 3.30. The summed E-state index contributed by atoms with van der Waals surface area (Å²) in [5, 5.41) is 1.02. The van der Waals surface area contributed by atoms with Crippen molar-refractivity contribution >= 4 is 22.8 Å². The molecular formula is C12H16N2OS. The van der Waals surface area contributed by atoms with E-state index in [1.165, 1.54) is 25.7 Å². The zero-order valence-electron chi connectivity index (χ0n) is 9.48. The summed E-state index contributed by atoms with van der Waals surface area (Å²) in [4.78, 5) is 18.7. The summed E-state index contributed by atoms with van der Waals surface area (Å²) in [6, 6.07) is 0. The van der Waals surface area contributed by atoms with E-state index in [-0.39, 0.29) is 0 Å². The van der Waals surface area contributed by atoms with Crippen LogP contribution in [0.5, 0.6) is 0 Å². The molecule has 0 spiro atoms. The maximum atomic E-state index is 11.0. The minimum Gasteiger partial charge on any atom is -0.351 e. The minimum absolute atomic E-state index is 0.569. The van der Waals surface area contributed by atoms with Crippen molar-refractivity contribution in [2.75, 3.05) is 18.5 Å². The molecule has 0 aromatic carbocycles. The van der Waals surface area contributed by atoms with Crippen LogP contribution in [0.4, 0.5) is 5.13 Å². The van der Waals surface area contributed by atoms with Crippen LogP contribution in [-0.2, 0) is 0 Å².